The first-order valence-corrected chi connectivity index (χ1v) is 5.59. The number of aliphatic hydroxyl groups excluding tert-OH is 1. The molecule has 1 aliphatic heterocycles. The third-order valence-electron chi connectivity index (χ3n) is 3.43. The van der Waals surface area contributed by atoms with E-state index in [0.717, 1.165) is 19.5 Å². The number of hydrogen-bond donors (Lipinski definition) is 1. The minimum atomic E-state index is -0.145. The van der Waals surface area contributed by atoms with Gasteiger partial charge in [-0.2, -0.15) is 0 Å². The molecular formula is C13H19NO. The van der Waals surface area contributed by atoms with Crippen LogP contribution >= 0.6 is 0 Å². The van der Waals surface area contributed by atoms with Gasteiger partial charge in [-0.3, -0.25) is 4.90 Å². The van der Waals surface area contributed by atoms with E-state index >= 15 is 0 Å². The summed E-state index contributed by atoms with van der Waals surface area (Å²) in [7, 11) is 0. The van der Waals surface area contributed by atoms with E-state index < -0.39 is 0 Å². The fourth-order valence-electron chi connectivity index (χ4n) is 2.28. The van der Waals surface area contributed by atoms with E-state index in [4.69, 9.17) is 0 Å². The highest BCUT2D eigenvalue weighted by atomic mass is 16.3. The van der Waals surface area contributed by atoms with Crippen LogP contribution in [0.3, 0.4) is 0 Å². The molecule has 0 bridgehead atoms. The average molecular weight is 205 g/mol. The quantitative estimate of drug-likeness (QED) is 0.798. The first kappa shape index (κ1) is 10.7. The third kappa shape index (κ3) is 2.06. The van der Waals surface area contributed by atoms with Crippen molar-refractivity contribution in [3.05, 3.63) is 35.9 Å². The predicted octanol–water partition coefficient (Wildman–Crippen LogP) is 1.99. The normalized spacial score (nSPS) is 23.3. The molecule has 0 radical (unpaired) electrons. The smallest absolute Gasteiger partial charge is 0.0679 e. The van der Waals surface area contributed by atoms with Crippen molar-refractivity contribution in [3.8, 4) is 0 Å². The van der Waals surface area contributed by atoms with Gasteiger partial charge in [0.25, 0.3) is 0 Å². The van der Waals surface area contributed by atoms with Crippen molar-refractivity contribution >= 4 is 0 Å². The van der Waals surface area contributed by atoms with Gasteiger partial charge in [0, 0.05) is 18.6 Å². The molecule has 0 aromatic heterocycles. The van der Waals surface area contributed by atoms with E-state index in [-0.39, 0.29) is 11.6 Å². The molecule has 1 saturated heterocycles. The van der Waals surface area contributed by atoms with Crippen molar-refractivity contribution in [2.24, 2.45) is 0 Å². The number of aliphatic hydroxyl groups is 1. The maximum Gasteiger partial charge on any atom is 0.0679 e. The van der Waals surface area contributed by atoms with Crippen LogP contribution in [0.2, 0.25) is 0 Å². The molecule has 1 fully saturated rings. The Balaban J connectivity index is 2.20. The summed E-state index contributed by atoms with van der Waals surface area (Å²) >= 11 is 0. The number of nitrogens with zero attached hydrogens (tertiary/aromatic N) is 1. The summed E-state index contributed by atoms with van der Waals surface area (Å²) in [6, 6.07) is 10.5. The monoisotopic (exact) mass is 205 g/mol. The molecule has 0 spiro atoms. The zero-order chi connectivity index (χ0) is 10.9. The van der Waals surface area contributed by atoms with Crippen molar-refractivity contribution in [2.75, 3.05) is 13.1 Å². The zero-order valence-electron chi connectivity index (χ0n) is 9.48. The van der Waals surface area contributed by atoms with Crippen LogP contribution in [0.1, 0.15) is 25.8 Å². The number of benzene rings is 1. The summed E-state index contributed by atoms with van der Waals surface area (Å²) < 4.78 is 0. The van der Waals surface area contributed by atoms with Crippen molar-refractivity contribution in [3.63, 3.8) is 0 Å². The maximum absolute atomic E-state index is 9.57. The van der Waals surface area contributed by atoms with Gasteiger partial charge in [0.15, 0.2) is 0 Å². The SMILES string of the molecule is CC(C)(c1ccccc1)N1CCC(O)C1. The van der Waals surface area contributed by atoms with Gasteiger partial charge in [0.05, 0.1) is 6.10 Å². The Bertz CT molecular complexity index is 321. The van der Waals surface area contributed by atoms with Crippen molar-refractivity contribution in [1.82, 2.24) is 4.90 Å². The second kappa shape index (κ2) is 3.95. The first-order valence-electron chi connectivity index (χ1n) is 5.59. The lowest BCUT2D eigenvalue weighted by Crippen LogP contribution is -2.40. The molecule has 2 heteroatoms. The Morgan fingerprint density at radius 1 is 1.27 bits per heavy atom. The Kier molecular flexibility index (Phi) is 2.81. The fourth-order valence-corrected chi connectivity index (χ4v) is 2.28. The van der Waals surface area contributed by atoms with Crippen LogP contribution in [0.5, 0.6) is 0 Å². The Morgan fingerprint density at radius 3 is 2.47 bits per heavy atom. The van der Waals surface area contributed by atoms with Crippen LogP contribution in [-0.2, 0) is 5.54 Å². The highest BCUT2D eigenvalue weighted by Gasteiger charge is 2.33. The first-order chi connectivity index (χ1) is 7.10. The molecule has 2 nitrogen and oxygen atoms in total. The summed E-state index contributed by atoms with van der Waals surface area (Å²) in [5.41, 5.74) is 1.35. The Morgan fingerprint density at radius 2 is 1.93 bits per heavy atom. The molecular weight excluding hydrogens is 186 g/mol. The van der Waals surface area contributed by atoms with Crippen LogP contribution in [0.15, 0.2) is 30.3 Å². The summed E-state index contributed by atoms with van der Waals surface area (Å²) in [5.74, 6) is 0. The summed E-state index contributed by atoms with van der Waals surface area (Å²) in [6.45, 7) is 6.23. The minimum Gasteiger partial charge on any atom is -0.392 e. The summed E-state index contributed by atoms with van der Waals surface area (Å²) in [5, 5.41) is 9.57. The number of β-amino-alcohol motifs (C(OH)–C–C–N with tert-alkyl or cyclic N) is 1. The second-order valence-corrected chi connectivity index (χ2v) is 4.81. The molecule has 1 N–H and O–H groups in total. The van der Waals surface area contributed by atoms with Crippen molar-refractivity contribution in [1.29, 1.82) is 0 Å². The second-order valence-electron chi connectivity index (χ2n) is 4.81. The number of rotatable bonds is 2. The molecule has 15 heavy (non-hydrogen) atoms. The third-order valence-corrected chi connectivity index (χ3v) is 3.43. The molecule has 1 aromatic rings. The molecule has 2 rings (SSSR count). The Labute approximate surface area is 91.5 Å². The topological polar surface area (TPSA) is 23.5 Å². The molecule has 0 aliphatic carbocycles. The van der Waals surface area contributed by atoms with Gasteiger partial charge in [-0.05, 0) is 25.8 Å². The van der Waals surface area contributed by atoms with E-state index in [2.05, 4.69) is 43.0 Å². The molecule has 1 atom stereocenters. The highest BCUT2D eigenvalue weighted by Crippen LogP contribution is 2.30. The molecule has 1 heterocycles. The van der Waals surface area contributed by atoms with Gasteiger partial charge in [0.2, 0.25) is 0 Å². The van der Waals surface area contributed by atoms with E-state index in [9.17, 15) is 5.11 Å². The standard InChI is InChI=1S/C13H19NO/c1-13(2,11-6-4-3-5-7-11)14-9-8-12(15)10-14/h3-7,12,15H,8-10H2,1-2H3. The summed E-state index contributed by atoms with van der Waals surface area (Å²) in [6.07, 6.45) is 0.754. The van der Waals surface area contributed by atoms with Gasteiger partial charge in [-0.15, -0.1) is 0 Å². The van der Waals surface area contributed by atoms with E-state index in [1.54, 1.807) is 0 Å². The molecule has 1 unspecified atom stereocenters. The van der Waals surface area contributed by atoms with Gasteiger partial charge in [-0.1, -0.05) is 30.3 Å². The minimum absolute atomic E-state index is 0.0265. The molecule has 1 aliphatic rings. The number of likely N-dealkylation sites (tertiary alicyclic amines) is 1. The van der Waals surface area contributed by atoms with Gasteiger partial charge in [-0.25, -0.2) is 0 Å². The van der Waals surface area contributed by atoms with E-state index in [1.165, 1.54) is 5.56 Å². The van der Waals surface area contributed by atoms with Crippen LogP contribution in [0.4, 0.5) is 0 Å². The van der Waals surface area contributed by atoms with Gasteiger partial charge >= 0.3 is 0 Å². The zero-order valence-corrected chi connectivity index (χ0v) is 9.48. The van der Waals surface area contributed by atoms with Gasteiger partial charge in [0.1, 0.15) is 0 Å². The summed E-state index contributed by atoms with van der Waals surface area (Å²) in [4.78, 5) is 2.35. The highest BCUT2D eigenvalue weighted by molar-refractivity contribution is 5.23. The number of hydrogen-bond acceptors (Lipinski definition) is 2. The van der Waals surface area contributed by atoms with Crippen molar-refractivity contribution < 1.29 is 5.11 Å². The van der Waals surface area contributed by atoms with E-state index in [1.807, 2.05) is 6.07 Å². The van der Waals surface area contributed by atoms with Crippen molar-refractivity contribution in [2.45, 2.75) is 31.9 Å². The fraction of sp³-hybridized carbons (Fsp3) is 0.538. The average Bonchev–Trinajstić information content (AvgIpc) is 2.67. The molecule has 0 amide bonds. The molecule has 1 aromatic carbocycles. The molecule has 0 saturated carbocycles. The maximum atomic E-state index is 9.57. The van der Waals surface area contributed by atoms with Crippen LogP contribution < -0.4 is 0 Å². The predicted molar refractivity (Wildman–Crippen MR) is 61.7 cm³/mol. The largest absolute Gasteiger partial charge is 0.392 e. The lowest BCUT2D eigenvalue weighted by atomic mass is 9.93. The van der Waals surface area contributed by atoms with E-state index in [0.29, 0.717) is 0 Å². The Hall–Kier alpha value is -0.860. The van der Waals surface area contributed by atoms with Crippen LogP contribution in [0.25, 0.3) is 0 Å². The van der Waals surface area contributed by atoms with Crippen LogP contribution in [0, 0.1) is 0 Å². The van der Waals surface area contributed by atoms with Gasteiger partial charge < -0.3 is 5.11 Å². The lowest BCUT2D eigenvalue weighted by Gasteiger charge is -2.36. The lowest BCUT2D eigenvalue weighted by molar-refractivity contribution is 0.118. The van der Waals surface area contributed by atoms with Crippen LogP contribution in [-0.4, -0.2) is 29.2 Å². The molecule has 82 valence electrons.